The molecule has 0 bridgehead atoms. The number of hydrogen-bond acceptors (Lipinski definition) is 1. The molecule has 2 atom stereocenters. The lowest BCUT2D eigenvalue weighted by Crippen LogP contribution is -2.26. The summed E-state index contributed by atoms with van der Waals surface area (Å²) in [4.78, 5) is 0. The highest BCUT2D eigenvalue weighted by molar-refractivity contribution is 5.32. The van der Waals surface area contributed by atoms with Crippen molar-refractivity contribution in [2.75, 3.05) is 0 Å². The van der Waals surface area contributed by atoms with E-state index in [0.717, 1.165) is 25.3 Å². The Bertz CT molecular complexity index is 451. The smallest absolute Gasteiger partial charge is 0.388 e. The molecule has 0 radical (unpaired) electrons. The van der Waals surface area contributed by atoms with Crippen molar-refractivity contribution in [1.82, 2.24) is 0 Å². The average Bonchev–Trinajstić information content (AvgIpc) is 2.67. The van der Waals surface area contributed by atoms with Crippen LogP contribution in [0.25, 0.3) is 0 Å². The fourth-order valence-corrected chi connectivity index (χ4v) is 3.17. The van der Waals surface area contributed by atoms with Crippen molar-refractivity contribution < 1.29 is 18.3 Å². The SMILES string of the molecule is CC1(C)CCCC1C(O)c1ccccc1C(F)(F)F. The first kappa shape index (κ1) is 14.4. The molecule has 4 heteroatoms. The summed E-state index contributed by atoms with van der Waals surface area (Å²) < 4.78 is 38.9. The van der Waals surface area contributed by atoms with Gasteiger partial charge < -0.3 is 5.11 Å². The molecule has 1 nitrogen and oxygen atoms in total. The summed E-state index contributed by atoms with van der Waals surface area (Å²) in [7, 11) is 0. The van der Waals surface area contributed by atoms with Crippen LogP contribution in [0.4, 0.5) is 13.2 Å². The number of hydrogen-bond donors (Lipinski definition) is 1. The van der Waals surface area contributed by atoms with Crippen LogP contribution in [0, 0.1) is 11.3 Å². The van der Waals surface area contributed by atoms with Gasteiger partial charge in [0, 0.05) is 0 Å². The molecule has 0 spiro atoms. The van der Waals surface area contributed by atoms with Crippen LogP contribution in [0.1, 0.15) is 50.3 Å². The van der Waals surface area contributed by atoms with Gasteiger partial charge in [-0.15, -0.1) is 0 Å². The molecule has 1 aliphatic rings. The Hall–Kier alpha value is -1.03. The summed E-state index contributed by atoms with van der Waals surface area (Å²) in [5, 5.41) is 10.4. The molecular formula is C15H19F3O. The zero-order valence-electron chi connectivity index (χ0n) is 11.2. The van der Waals surface area contributed by atoms with E-state index in [1.807, 2.05) is 13.8 Å². The van der Waals surface area contributed by atoms with Gasteiger partial charge in [0.2, 0.25) is 0 Å². The summed E-state index contributed by atoms with van der Waals surface area (Å²) in [6.45, 7) is 4.04. The maximum atomic E-state index is 13.0. The number of alkyl halides is 3. The minimum Gasteiger partial charge on any atom is -0.388 e. The monoisotopic (exact) mass is 272 g/mol. The Morgan fingerprint density at radius 1 is 1.26 bits per heavy atom. The molecule has 1 aromatic rings. The fourth-order valence-electron chi connectivity index (χ4n) is 3.17. The Morgan fingerprint density at radius 2 is 1.89 bits per heavy atom. The largest absolute Gasteiger partial charge is 0.416 e. The highest BCUT2D eigenvalue weighted by atomic mass is 19.4. The summed E-state index contributed by atoms with van der Waals surface area (Å²) in [5.41, 5.74) is -0.821. The second-order valence-corrected chi connectivity index (χ2v) is 6.02. The molecule has 0 aliphatic heterocycles. The van der Waals surface area contributed by atoms with Gasteiger partial charge in [-0.05, 0) is 35.8 Å². The first-order valence-electron chi connectivity index (χ1n) is 6.57. The molecule has 0 heterocycles. The zero-order valence-corrected chi connectivity index (χ0v) is 11.2. The molecule has 106 valence electrons. The lowest BCUT2D eigenvalue weighted by Gasteiger charge is -2.32. The molecule has 0 aromatic heterocycles. The zero-order chi connectivity index (χ0) is 14.3. The van der Waals surface area contributed by atoms with Crippen LogP contribution in [0.5, 0.6) is 0 Å². The average molecular weight is 272 g/mol. The third-order valence-corrected chi connectivity index (χ3v) is 4.31. The highest BCUT2D eigenvalue weighted by Gasteiger charge is 2.42. The van der Waals surface area contributed by atoms with E-state index in [0.29, 0.717) is 0 Å². The number of aliphatic hydroxyl groups is 1. The summed E-state index contributed by atoms with van der Waals surface area (Å²) in [5.74, 6) is -0.115. The van der Waals surface area contributed by atoms with E-state index in [4.69, 9.17) is 0 Å². The van der Waals surface area contributed by atoms with E-state index in [1.54, 1.807) is 6.07 Å². The van der Waals surface area contributed by atoms with Gasteiger partial charge in [0.25, 0.3) is 0 Å². The number of rotatable bonds is 2. The molecule has 0 saturated heterocycles. The molecule has 0 amide bonds. The number of halogens is 3. The molecule has 1 fully saturated rings. The van der Waals surface area contributed by atoms with Gasteiger partial charge in [-0.2, -0.15) is 13.2 Å². The maximum Gasteiger partial charge on any atom is 0.416 e. The second kappa shape index (κ2) is 4.82. The summed E-state index contributed by atoms with van der Waals surface area (Å²) in [6, 6.07) is 5.34. The van der Waals surface area contributed by atoms with Gasteiger partial charge in [-0.1, -0.05) is 38.5 Å². The maximum absolute atomic E-state index is 13.0. The molecule has 1 aliphatic carbocycles. The van der Waals surface area contributed by atoms with Crippen molar-refractivity contribution in [3.05, 3.63) is 35.4 Å². The molecule has 1 N–H and O–H groups in total. The van der Waals surface area contributed by atoms with E-state index in [2.05, 4.69) is 0 Å². The van der Waals surface area contributed by atoms with Crippen molar-refractivity contribution >= 4 is 0 Å². The van der Waals surface area contributed by atoms with Crippen LogP contribution in [-0.4, -0.2) is 5.11 Å². The van der Waals surface area contributed by atoms with Crippen LogP contribution in [-0.2, 0) is 6.18 Å². The standard InChI is InChI=1S/C15H19F3O/c1-14(2)9-5-8-12(14)13(19)10-6-3-4-7-11(10)15(16,17)18/h3-4,6-7,12-13,19H,5,8-9H2,1-2H3. The van der Waals surface area contributed by atoms with E-state index in [-0.39, 0.29) is 16.9 Å². The number of benzene rings is 1. The van der Waals surface area contributed by atoms with E-state index < -0.39 is 17.8 Å². The molecule has 2 unspecified atom stereocenters. The quantitative estimate of drug-likeness (QED) is 0.836. The molecule has 1 saturated carbocycles. The van der Waals surface area contributed by atoms with E-state index >= 15 is 0 Å². The number of aliphatic hydroxyl groups excluding tert-OH is 1. The van der Waals surface area contributed by atoms with Crippen molar-refractivity contribution in [3.63, 3.8) is 0 Å². The second-order valence-electron chi connectivity index (χ2n) is 6.02. The Labute approximate surface area is 111 Å². The third-order valence-electron chi connectivity index (χ3n) is 4.31. The predicted molar refractivity (Wildman–Crippen MR) is 67.5 cm³/mol. The van der Waals surface area contributed by atoms with Crippen molar-refractivity contribution in [2.45, 2.75) is 45.4 Å². The minimum atomic E-state index is -4.42. The van der Waals surface area contributed by atoms with E-state index in [9.17, 15) is 18.3 Å². The van der Waals surface area contributed by atoms with Crippen LogP contribution < -0.4 is 0 Å². The normalized spacial score (nSPS) is 24.4. The Morgan fingerprint density at radius 3 is 2.42 bits per heavy atom. The Balaban J connectivity index is 2.37. The topological polar surface area (TPSA) is 20.2 Å². The molecule has 2 rings (SSSR count). The van der Waals surface area contributed by atoms with Crippen LogP contribution in [0.15, 0.2) is 24.3 Å². The molecule has 1 aromatic carbocycles. The highest BCUT2D eigenvalue weighted by Crippen LogP contribution is 2.50. The lowest BCUT2D eigenvalue weighted by molar-refractivity contribution is -0.139. The minimum absolute atomic E-state index is 0.00924. The van der Waals surface area contributed by atoms with Gasteiger partial charge in [-0.3, -0.25) is 0 Å². The summed E-state index contributed by atoms with van der Waals surface area (Å²) in [6.07, 6.45) is -2.78. The summed E-state index contributed by atoms with van der Waals surface area (Å²) >= 11 is 0. The van der Waals surface area contributed by atoms with Crippen molar-refractivity contribution in [1.29, 1.82) is 0 Å². The van der Waals surface area contributed by atoms with E-state index in [1.165, 1.54) is 12.1 Å². The molecular weight excluding hydrogens is 253 g/mol. The van der Waals surface area contributed by atoms with Gasteiger partial charge >= 0.3 is 6.18 Å². The fraction of sp³-hybridized carbons (Fsp3) is 0.600. The first-order chi connectivity index (χ1) is 8.73. The van der Waals surface area contributed by atoms with Crippen LogP contribution in [0.2, 0.25) is 0 Å². The van der Waals surface area contributed by atoms with Crippen LogP contribution >= 0.6 is 0 Å². The van der Waals surface area contributed by atoms with Crippen molar-refractivity contribution in [2.24, 2.45) is 11.3 Å². The predicted octanol–water partition coefficient (Wildman–Crippen LogP) is 4.57. The van der Waals surface area contributed by atoms with Gasteiger partial charge in [0.15, 0.2) is 0 Å². The Kier molecular flexibility index (Phi) is 3.65. The van der Waals surface area contributed by atoms with Crippen molar-refractivity contribution in [3.8, 4) is 0 Å². The first-order valence-corrected chi connectivity index (χ1v) is 6.57. The van der Waals surface area contributed by atoms with Gasteiger partial charge in [0.1, 0.15) is 0 Å². The van der Waals surface area contributed by atoms with Gasteiger partial charge in [-0.25, -0.2) is 0 Å². The lowest BCUT2D eigenvalue weighted by atomic mass is 9.76. The van der Waals surface area contributed by atoms with Gasteiger partial charge in [0.05, 0.1) is 11.7 Å². The van der Waals surface area contributed by atoms with Crippen LogP contribution in [0.3, 0.4) is 0 Å². The third kappa shape index (κ3) is 2.78. The molecule has 19 heavy (non-hydrogen) atoms.